The van der Waals surface area contributed by atoms with Crippen LogP contribution in [-0.2, 0) is 27.2 Å². The quantitative estimate of drug-likeness (QED) is 0.428. The van der Waals surface area contributed by atoms with Gasteiger partial charge in [-0.05, 0) is 62.8 Å². The molecule has 1 aromatic rings. The highest BCUT2D eigenvalue weighted by Gasteiger charge is 2.48. The molecule has 4 aliphatic rings. The third-order valence-electron chi connectivity index (χ3n) is 6.47. The minimum atomic E-state index is -0.920. The van der Waals surface area contributed by atoms with Gasteiger partial charge in [-0.15, -0.1) is 11.3 Å². The number of aryl methyl sites for hydroxylation is 1. The van der Waals surface area contributed by atoms with Crippen LogP contribution in [0.25, 0.3) is 0 Å². The maximum Gasteiger partial charge on any atom is 0.341 e. The van der Waals surface area contributed by atoms with Crippen LogP contribution in [0, 0.1) is 23.7 Å². The second-order valence-electron chi connectivity index (χ2n) is 8.16. The molecule has 1 fully saturated rings. The molecule has 0 aliphatic heterocycles. The summed E-state index contributed by atoms with van der Waals surface area (Å²) in [5.41, 5.74) is 1.48. The Morgan fingerprint density at radius 1 is 1.10 bits per heavy atom. The summed E-state index contributed by atoms with van der Waals surface area (Å²) in [7, 11) is 0. The van der Waals surface area contributed by atoms with Gasteiger partial charge in [0.2, 0.25) is 5.91 Å². The fourth-order valence-electron chi connectivity index (χ4n) is 5.13. The number of nitrogens with one attached hydrogen (secondary N) is 1. The van der Waals surface area contributed by atoms with Crippen LogP contribution in [0.1, 0.15) is 59.8 Å². The minimum Gasteiger partial charge on any atom is -0.481 e. The number of rotatable bonds is 5. The number of hydrogen-bond donors (Lipinski definition) is 2. The second kappa shape index (κ2) is 8.30. The molecule has 1 saturated carbocycles. The monoisotopic (exact) mass is 417 g/mol. The van der Waals surface area contributed by atoms with Crippen molar-refractivity contribution in [1.29, 1.82) is 0 Å². The Morgan fingerprint density at radius 2 is 1.79 bits per heavy atom. The highest BCUT2D eigenvalue weighted by Crippen LogP contribution is 2.46. The number of hydrogen-bond acceptors (Lipinski definition) is 5. The van der Waals surface area contributed by atoms with Gasteiger partial charge in [0.1, 0.15) is 5.00 Å². The molecule has 0 unspecified atom stereocenters. The maximum absolute atomic E-state index is 13.2. The number of carbonyl (C=O) groups excluding carboxylic acids is 2. The van der Waals surface area contributed by atoms with Crippen LogP contribution in [0.4, 0.5) is 5.00 Å². The average Bonchev–Trinajstić information content (AvgIpc) is 2.88. The Bertz CT molecular complexity index is 858. The Hall–Kier alpha value is -2.15. The summed E-state index contributed by atoms with van der Waals surface area (Å²) >= 11 is 1.45. The fraction of sp³-hybridized carbons (Fsp3) is 0.591. The van der Waals surface area contributed by atoms with E-state index in [-0.39, 0.29) is 24.3 Å². The van der Waals surface area contributed by atoms with Gasteiger partial charge in [-0.25, -0.2) is 4.79 Å². The van der Waals surface area contributed by atoms with Crippen LogP contribution < -0.4 is 5.32 Å². The van der Waals surface area contributed by atoms with Crippen LogP contribution >= 0.6 is 11.3 Å². The minimum absolute atomic E-state index is 0.0649. The standard InChI is InChI=1S/C22H27NO5S/c1-2-28-22(27)18-14-6-4-3-5-7-15(14)29-20(18)23-19(24)16-12-8-10-13(11-9-12)17(16)21(25)26/h8,10,12-13,16-17H,2-7,9,11H2,1H3,(H,23,24)(H,25,26)/t12-,13-,16+,17+/m0/s1. The van der Waals surface area contributed by atoms with E-state index in [1.54, 1.807) is 6.92 Å². The number of allylic oxidation sites excluding steroid dienone is 2. The number of fused-ring (bicyclic) bond motifs is 3. The summed E-state index contributed by atoms with van der Waals surface area (Å²) in [6.45, 7) is 2.04. The molecule has 0 radical (unpaired) electrons. The summed E-state index contributed by atoms with van der Waals surface area (Å²) in [5, 5.41) is 13.2. The van der Waals surface area contributed by atoms with Crippen LogP contribution in [0.15, 0.2) is 12.2 Å². The van der Waals surface area contributed by atoms with E-state index in [9.17, 15) is 19.5 Å². The van der Waals surface area contributed by atoms with Gasteiger partial charge in [-0.3, -0.25) is 9.59 Å². The molecule has 5 rings (SSSR count). The molecule has 0 spiro atoms. The zero-order valence-electron chi connectivity index (χ0n) is 16.6. The van der Waals surface area contributed by atoms with Gasteiger partial charge in [0.15, 0.2) is 0 Å². The van der Waals surface area contributed by atoms with Crippen LogP contribution in [0.2, 0.25) is 0 Å². The lowest BCUT2D eigenvalue weighted by molar-refractivity contribution is -0.151. The van der Waals surface area contributed by atoms with E-state index in [1.165, 1.54) is 11.3 Å². The summed E-state index contributed by atoms with van der Waals surface area (Å²) in [4.78, 5) is 39.0. The van der Waals surface area contributed by atoms with Gasteiger partial charge in [0.05, 0.1) is 24.0 Å². The maximum atomic E-state index is 13.2. The van der Waals surface area contributed by atoms with Crippen molar-refractivity contribution in [3.8, 4) is 0 Å². The molecular weight excluding hydrogens is 390 g/mol. The summed E-state index contributed by atoms with van der Waals surface area (Å²) in [6.07, 6.45) is 10.5. The molecule has 2 N–H and O–H groups in total. The van der Waals surface area contributed by atoms with E-state index >= 15 is 0 Å². The number of carbonyl (C=O) groups is 3. The van der Waals surface area contributed by atoms with E-state index in [0.717, 1.165) is 55.4 Å². The highest BCUT2D eigenvalue weighted by atomic mass is 32.1. The molecule has 1 aromatic heterocycles. The van der Waals surface area contributed by atoms with Crippen molar-refractivity contribution in [2.24, 2.45) is 23.7 Å². The van der Waals surface area contributed by atoms with E-state index in [0.29, 0.717) is 10.6 Å². The molecule has 156 valence electrons. The summed E-state index contributed by atoms with van der Waals surface area (Å²) < 4.78 is 5.28. The van der Waals surface area contributed by atoms with Crippen molar-refractivity contribution >= 4 is 34.2 Å². The zero-order chi connectivity index (χ0) is 20.5. The van der Waals surface area contributed by atoms with Crippen molar-refractivity contribution in [2.75, 3.05) is 11.9 Å². The molecule has 4 aliphatic carbocycles. The Labute approximate surface area is 174 Å². The normalized spacial score (nSPS) is 27.8. The highest BCUT2D eigenvalue weighted by molar-refractivity contribution is 7.17. The second-order valence-corrected chi connectivity index (χ2v) is 9.26. The number of aliphatic carboxylic acids is 1. The molecule has 7 heteroatoms. The largest absolute Gasteiger partial charge is 0.481 e. The van der Waals surface area contributed by atoms with Gasteiger partial charge in [-0.2, -0.15) is 0 Å². The lowest BCUT2D eigenvalue weighted by Gasteiger charge is -2.41. The predicted molar refractivity (Wildman–Crippen MR) is 110 cm³/mol. The fourth-order valence-corrected chi connectivity index (χ4v) is 6.41. The molecule has 1 amide bonds. The molecule has 0 aromatic carbocycles. The first-order valence-corrected chi connectivity index (χ1v) is 11.4. The number of esters is 1. The number of amides is 1. The number of thiophene rings is 1. The van der Waals surface area contributed by atoms with Crippen molar-refractivity contribution in [3.05, 3.63) is 28.2 Å². The zero-order valence-corrected chi connectivity index (χ0v) is 17.4. The molecular formula is C22H27NO5S. The first-order chi connectivity index (χ1) is 14.0. The molecule has 29 heavy (non-hydrogen) atoms. The Morgan fingerprint density at radius 3 is 2.45 bits per heavy atom. The topological polar surface area (TPSA) is 92.7 Å². The number of anilines is 1. The number of carboxylic acid groups (broad SMARTS) is 1. The summed E-state index contributed by atoms with van der Waals surface area (Å²) in [6, 6.07) is 0. The van der Waals surface area contributed by atoms with Crippen molar-refractivity contribution in [3.63, 3.8) is 0 Å². The predicted octanol–water partition coefficient (Wildman–Crippen LogP) is 4.05. The first kappa shape index (κ1) is 20.1. The molecule has 2 bridgehead atoms. The Balaban J connectivity index is 1.65. The van der Waals surface area contributed by atoms with E-state index in [1.807, 2.05) is 12.2 Å². The molecule has 1 heterocycles. The lowest BCUT2D eigenvalue weighted by Crippen LogP contribution is -2.47. The van der Waals surface area contributed by atoms with Crippen LogP contribution in [-0.4, -0.2) is 29.6 Å². The SMILES string of the molecule is CCOC(=O)c1c(NC(=O)[C@H]2[C@H](C(=O)O)[C@H]3C=C[C@H]2CC3)sc2c1CCCCC2. The Kier molecular flexibility index (Phi) is 5.76. The van der Waals surface area contributed by atoms with Gasteiger partial charge >= 0.3 is 11.9 Å². The third kappa shape index (κ3) is 3.72. The van der Waals surface area contributed by atoms with Crippen molar-refractivity contribution in [2.45, 2.75) is 51.9 Å². The van der Waals surface area contributed by atoms with E-state index in [2.05, 4.69) is 5.32 Å². The molecule has 4 atom stereocenters. The molecule has 0 saturated heterocycles. The van der Waals surface area contributed by atoms with Crippen LogP contribution in [0.5, 0.6) is 0 Å². The number of carboxylic acids is 1. The summed E-state index contributed by atoms with van der Waals surface area (Å²) in [5.74, 6) is -3.09. The van der Waals surface area contributed by atoms with Gasteiger partial charge in [0.25, 0.3) is 0 Å². The van der Waals surface area contributed by atoms with Crippen molar-refractivity contribution in [1.82, 2.24) is 0 Å². The van der Waals surface area contributed by atoms with Crippen molar-refractivity contribution < 1.29 is 24.2 Å². The average molecular weight is 418 g/mol. The molecule has 6 nitrogen and oxygen atoms in total. The van der Waals surface area contributed by atoms with Gasteiger partial charge < -0.3 is 15.2 Å². The van der Waals surface area contributed by atoms with Gasteiger partial charge in [0, 0.05) is 4.88 Å². The number of ether oxygens (including phenoxy) is 1. The lowest BCUT2D eigenvalue weighted by atomic mass is 9.62. The third-order valence-corrected chi connectivity index (χ3v) is 7.68. The van der Waals surface area contributed by atoms with Gasteiger partial charge in [-0.1, -0.05) is 18.6 Å². The first-order valence-electron chi connectivity index (χ1n) is 10.5. The van der Waals surface area contributed by atoms with Crippen LogP contribution in [0.3, 0.4) is 0 Å². The van der Waals surface area contributed by atoms with E-state index in [4.69, 9.17) is 4.74 Å². The van der Waals surface area contributed by atoms with E-state index < -0.39 is 23.8 Å². The smallest absolute Gasteiger partial charge is 0.341 e.